The third kappa shape index (κ3) is 2.21. The topological polar surface area (TPSA) is 74.6 Å². The number of carboxylic acid groups (broad SMARTS) is 1. The SMILES string of the molecule is C[C@]12CCC(=O)C=C1CC[C@H]1[C@@H]3[C@@H]4CC[C@@H]4[C@@](O)(CCC(=O)O)[C@@]3(C)CC[C@@H]12. The molecule has 0 aromatic heterocycles. The third-order valence-corrected chi connectivity index (χ3v) is 10.3. The molecule has 0 heterocycles. The average molecular weight is 387 g/mol. The molecule has 0 unspecified atom stereocenters. The summed E-state index contributed by atoms with van der Waals surface area (Å²) in [6.45, 7) is 4.68. The lowest BCUT2D eigenvalue weighted by atomic mass is 9.45. The number of hydrogen-bond acceptors (Lipinski definition) is 3. The van der Waals surface area contributed by atoms with Crippen LogP contribution in [0.15, 0.2) is 11.6 Å². The number of carbonyl (C=O) groups is 2. The summed E-state index contributed by atoms with van der Waals surface area (Å²) in [5, 5.41) is 21.2. The van der Waals surface area contributed by atoms with Crippen LogP contribution in [0.4, 0.5) is 0 Å². The predicted octanol–water partition coefficient (Wildman–Crippen LogP) is 4.36. The van der Waals surface area contributed by atoms with Crippen LogP contribution in [-0.4, -0.2) is 27.6 Å². The van der Waals surface area contributed by atoms with Gasteiger partial charge in [0.2, 0.25) is 0 Å². The molecule has 28 heavy (non-hydrogen) atoms. The van der Waals surface area contributed by atoms with Crippen molar-refractivity contribution in [2.24, 2.45) is 40.4 Å². The van der Waals surface area contributed by atoms with Crippen LogP contribution in [0.25, 0.3) is 0 Å². The Morgan fingerprint density at radius 1 is 1.07 bits per heavy atom. The number of aliphatic hydroxyl groups is 1. The van der Waals surface area contributed by atoms with Crippen LogP contribution in [-0.2, 0) is 9.59 Å². The Balaban J connectivity index is 1.50. The number of ketones is 1. The molecule has 4 heteroatoms. The Kier molecular flexibility index (Phi) is 3.99. The van der Waals surface area contributed by atoms with Gasteiger partial charge >= 0.3 is 5.97 Å². The molecule has 8 atom stereocenters. The summed E-state index contributed by atoms with van der Waals surface area (Å²) in [6, 6.07) is 0. The molecule has 4 nitrogen and oxygen atoms in total. The Morgan fingerprint density at radius 2 is 1.82 bits per heavy atom. The van der Waals surface area contributed by atoms with Crippen molar-refractivity contribution in [1.82, 2.24) is 0 Å². The Bertz CT molecular complexity index is 756. The number of hydrogen-bond donors (Lipinski definition) is 2. The van der Waals surface area contributed by atoms with Crippen molar-refractivity contribution in [3.05, 3.63) is 11.6 Å². The molecule has 0 aromatic rings. The van der Waals surface area contributed by atoms with Crippen LogP contribution in [0.2, 0.25) is 0 Å². The first-order valence-corrected chi connectivity index (χ1v) is 11.4. The van der Waals surface area contributed by atoms with E-state index in [0.29, 0.717) is 48.2 Å². The first-order chi connectivity index (χ1) is 13.2. The second-order valence-corrected chi connectivity index (χ2v) is 11.0. The molecule has 5 aliphatic rings. The molecule has 0 aliphatic heterocycles. The van der Waals surface area contributed by atoms with Crippen LogP contribution in [0, 0.1) is 40.4 Å². The number of rotatable bonds is 3. The summed E-state index contributed by atoms with van der Waals surface area (Å²) < 4.78 is 0. The molecule has 0 radical (unpaired) electrons. The highest BCUT2D eigenvalue weighted by molar-refractivity contribution is 5.91. The van der Waals surface area contributed by atoms with Gasteiger partial charge in [0.15, 0.2) is 5.78 Å². The minimum absolute atomic E-state index is 0.0723. The Hall–Kier alpha value is -1.16. The minimum atomic E-state index is -0.816. The highest BCUT2D eigenvalue weighted by Gasteiger charge is 2.72. The fraction of sp³-hybridized carbons (Fsp3) is 0.833. The van der Waals surface area contributed by atoms with E-state index >= 15 is 0 Å². The van der Waals surface area contributed by atoms with E-state index in [0.717, 1.165) is 38.5 Å². The zero-order chi connectivity index (χ0) is 19.9. The van der Waals surface area contributed by atoms with Gasteiger partial charge in [-0.1, -0.05) is 19.4 Å². The molecule has 4 saturated carbocycles. The van der Waals surface area contributed by atoms with Crippen molar-refractivity contribution in [2.75, 3.05) is 0 Å². The smallest absolute Gasteiger partial charge is 0.303 e. The van der Waals surface area contributed by atoms with Crippen molar-refractivity contribution in [3.63, 3.8) is 0 Å². The van der Waals surface area contributed by atoms with E-state index in [2.05, 4.69) is 13.8 Å². The van der Waals surface area contributed by atoms with Crippen LogP contribution in [0.3, 0.4) is 0 Å². The van der Waals surface area contributed by atoms with Gasteiger partial charge in [-0.15, -0.1) is 0 Å². The predicted molar refractivity (Wildman–Crippen MR) is 106 cm³/mol. The standard InChI is InChI=1S/C24H34O4/c1-22-10-7-15(25)13-14(22)3-4-16-18(22)8-11-23(2)21(16)17-5-6-19(17)24(23,28)12-9-20(26)27/h13,16-19,21,28H,3-12H2,1-2H3,(H,26,27)/t16-,17-,18+,19+,21-,22+,23+,24+/m1/s1. The fourth-order valence-electron chi connectivity index (χ4n) is 8.84. The van der Waals surface area contributed by atoms with Crippen LogP contribution < -0.4 is 0 Å². The van der Waals surface area contributed by atoms with Gasteiger partial charge in [-0.3, -0.25) is 9.59 Å². The largest absolute Gasteiger partial charge is 0.481 e. The van der Waals surface area contributed by atoms with Gasteiger partial charge in [0.05, 0.1) is 5.60 Å². The average Bonchev–Trinajstić information content (AvgIpc) is 2.74. The van der Waals surface area contributed by atoms with E-state index in [9.17, 15) is 19.8 Å². The third-order valence-electron chi connectivity index (χ3n) is 10.3. The zero-order valence-electron chi connectivity index (χ0n) is 17.2. The van der Waals surface area contributed by atoms with Crippen molar-refractivity contribution < 1.29 is 19.8 Å². The number of fused-ring (bicyclic) bond motifs is 7. The lowest BCUT2D eigenvalue weighted by Crippen LogP contribution is -2.55. The summed E-state index contributed by atoms with van der Waals surface area (Å²) in [5.74, 6) is 2.10. The van der Waals surface area contributed by atoms with Gasteiger partial charge < -0.3 is 10.2 Å². The number of allylic oxidation sites excluding steroid dienone is 1. The zero-order valence-corrected chi connectivity index (χ0v) is 17.2. The molecular weight excluding hydrogens is 352 g/mol. The molecule has 154 valence electrons. The van der Waals surface area contributed by atoms with Gasteiger partial charge in [-0.25, -0.2) is 0 Å². The van der Waals surface area contributed by atoms with Crippen LogP contribution in [0.5, 0.6) is 0 Å². The van der Waals surface area contributed by atoms with Crippen LogP contribution in [0.1, 0.15) is 78.1 Å². The minimum Gasteiger partial charge on any atom is -0.481 e. The van der Waals surface area contributed by atoms with E-state index in [-0.39, 0.29) is 17.3 Å². The molecule has 5 aliphatic carbocycles. The van der Waals surface area contributed by atoms with E-state index in [1.807, 2.05) is 6.08 Å². The fourth-order valence-corrected chi connectivity index (χ4v) is 8.84. The maximum Gasteiger partial charge on any atom is 0.303 e. The summed E-state index contributed by atoms with van der Waals surface area (Å²) in [4.78, 5) is 23.3. The lowest BCUT2D eigenvalue weighted by Gasteiger charge is -2.59. The van der Waals surface area contributed by atoms with Gasteiger partial charge in [0, 0.05) is 12.8 Å². The second-order valence-electron chi connectivity index (χ2n) is 11.0. The first kappa shape index (κ1) is 18.8. The second kappa shape index (κ2) is 5.93. The van der Waals surface area contributed by atoms with Crippen LogP contribution >= 0.6 is 0 Å². The number of carboxylic acids is 1. The monoisotopic (exact) mass is 386 g/mol. The normalized spacial score (nSPS) is 51.9. The van der Waals surface area contributed by atoms with Crippen molar-refractivity contribution in [3.8, 4) is 0 Å². The molecule has 2 N–H and O–H groups in total. The molecule has 4 fully saturated rings. The molecule has 0 bridgehead atoms. The summed E-state index contributed by atoms with van der Waals surface area (Å²) in [5.41, 5.74) is 0.568. The molecule has 0 amide bonds. The summed E-state index contributed by atoms with van der Waals surface area (Å²) >= 11 is 0. The van der Waals surface area contributed by atoms with Gasteiger partial charge in [0.1, 0.15) is 0 Å². The first-order valence-electron chi connectivity index (χ1n) is 11.4. The maximum absolute atomic E-state index is 12.0. The molecular formula is C24H34O4. The van der Waals surface area contributed by atoms with Crippen molar-refractivity contribution in [1.29, 1.82) is 0 Å². The summed E-state index contributed by atoms with van der Waals surface area (Å²) in [6.07, 6.45) is 10.6. The van der Waals surface area contributed by atoms with Crippen molar-refractivity contribution in [2.45, 2.75) is 83.7 Å². The van der Waals surface area contributed by atoms with Gasteiger partial charge in [-0.2, -0.15) is 0 Å². The Labute approximate surface area is 167 Å². The van der Waals surface area contributed by atoms with Gasteiger partial charge in [0.25, 0.3) is 0 Å². The molecule has 5 rings (SSSR count). The Morgan fingerprint density at radius 3 is 2.50 bits per heavy atom. The van der Waals surface area contributed by atoms with E-state index in [4.69, 9.17) is 0 Å². The van der Waals surface area contributed by atoms with Crippen molar-refractivity contribution >= 4 is 11.8 Å². The number of carbonyl (C=O) groups excluding carboxylic acids is 1. The van der Waals surface area contributed by atoms with E-state index < -0.39 is 11.6 Å². The van der Waals surface area contributed by atoms with E-state index in [1.54, 1.807) is 0 Å². The number of aliphatic carboxylic acids is 1. The van der Waals surface area contributed by atoms with E-state index in [1.165, 1.54) is 12.0 Å². The summed E-state index contributed by atoms with van der Waals surface area (Å²) in [7, 11) is 0. The molecule has 0 spiro atoms. The highest BCUT2D eigenvalue weighted by atomic mass is 16.4. The molecule has 0 saturated heterocycles. The van der Waals surface area contributed by atoms with Gasteiger partial charge in [-0.05, 0) is 97.9 Å². The molecule has 0 aromatic carbocycles. The highest BCUT2D eigenvalue weighted by Crippen LogP contribution is 2.74. The maximum atomic E-state index is 12.0. The quantitative estimate of drug-likeness (QED) is 0.756. The lowest BCUT2D eigenvalue weighted by molar-refractivity contribution is -0.154.